The summed E-state index contributed by atoms with van der Waals surface area (Å²) in [5, 5.41) is 2.98. The second-order valence-corrected chi connectivity index (χ2v) is 8.52. The first-order valence-corrected chi connectivity index (χ1v) is 9.95. The highest BCUT2D eigenvalue weighted by molar-refractivity contribution is 7.91. The predicted octanol–water partition coefficient (Wildman–Crippen LogP) is 1.42. The number of nitrogens with one attached hydrogen (secondary N) is 1. The van der Waals surface area contributed by atoms with Crippen LogP contribution in [0.3, 0.4) is 0 Å². The summed E-state index contributed by atoms with van der Waals surface area (Å²) in [7, 11) is -1.10. The molecule has 5 nitrogen and oxygen atoms in total. The van der Waals surface area contributed by atoms with Crippen LogP contribution in [0.4, 0.5) is 0 Å². The molecule has 0 aliphatic carbocycles. The van der Waals surface area contributed by atoms with E-state index in [9.17, 15) is 13.2 Å². The fourth-order valence-corrected chi connectivity index (χ4v) is 4.80. The molecule has 1 N–H and O–H groups in total. The number of sulfone groups is 1. The van der Waals surface area contributed by atoms with Crippen molar-refractivity contribution in [3.05, 3.63) is 35.9 Å². The number of amides is 1. The summed E-state index contributed by atoms with van der Waals surface area (Å²) in [5.74, 6) is 0.650. The molecule has 2 rings (SSSR count). The van der Waals surface area contributed by atoms with Gasteiger partial charge in [-0.2, -0.15) is 0 Å². The average Bonchev–Trinajstić information content (AvgIpc) is 2.89. The molecule has 23 heavy (non-hydrogen) atoms. The van der Waals surface area contributed by atoms with E-state index in [4.69, 9.17) is 0 Å². The van der Waals surface area contributed by atoms with Gasteiger partial charge in [-0.3, -0.25) is 9.69 Å². The Morgan fingerprint density at radius 2 is 2.04 bits per heavy atom. The van der Waals surface area contributed by atoms with Gasteiger partial charge in [0.05, 0.1) is 18.1 Å². The Morgan fingerprint density at radius 3 is 2.61 bits per heavy atom. The Labute approximate surface area is 139 Å². The van der Waals surface area contributed by atoms with Crippen LogP contribution < -0.4 is 5.32 Å². The van der Waals surface area contributed by atoms with Crippen LogP contribution in [0, 0.1) is 0 Å². The molecule has 1 fully saturated rings. The third-order valence-electron chi connectivity index (χ3n) is 4.53. The van der Waals surface area contributed by atoms with Gasteiger partial charge in [0.1, 0.15) is 0 Å². The van der Waals surface area contributed by atoms with Crippen LogP contribution in [-0.2, 0) is 14.6 Å². The van der Waals surface area contributed by atoms with Gasteiger partial charge in [0.2, 0.25) is 5.91 Å². The zero-order valence-electron chi connectivity index (χ0n) is 13.9. The molecule has 6 heteroatoms. The SMILES string of the molecule is CCC(CNC(=O)CN(C)C1CCS(=O)(=O)C1)c1ccccc1. The Kier molecular flexibility index (Phi) is 6.18. The van der Waals surface area contributed by atoms with Crippen molar-refractivity contribution < 1.29 is 13.2 Å². The second-order valence-electron chi connectivity index (χ2n) is 6.29. The minimum absolute atomic E-state index is 0.0400. The molecule has 128 valence electrons. The van der Waals surface area contributed by atoms with Gasteiger partial charge in [0.25, 0.3) is 0 Å². The van der Waals surface area contributed by atoms with Crippen LogP contribution in [0.5, 0.6) is 0 Å². The molecular weight excluding hydrogens is 312 g/mol. The molecule has 1 aromatic carbocycles. The van der Waals surface area contributed by atoms with Crippen molar-refractivity contribution >= 4 is 15.7 Å². The summed E-state index contributed by atoms with van der Waals surface area (Å²) in [6.45, 7) is 2.96. The van der Waals surface area contributed by atoms with Crippen molar-refractivity contribution in [1.29, 1.82) is 0 Å². The lowest BCUT2D eigenvalue weighted by atomic mass is 9.96. The topological polar surface area (TPSA) is 66.5 Å². The van der Waals surface area contributed by atoms with Gasteiger partial charge in [-0.1, -0.05) is 37.3 Å². The standard InChI is InChI=1S/C17H26N2O3S/c1-3-14(15-7-5-4-6-8-15)11-18-17(20)12-19(2)16-9-10-23(21,22)13-16/h4-8,14,16H,3,9-13H2,1-2H3,(H,18,20). The maximum atomic E-state index is 12.1. The van der Waals surface area contributed by atoms with E-state index in [1.807, 2.05) is 30.1 Å². The fraction of sp³-hybridized carbons (Fsp3) is 0.588. The van der Waals surface area contributed by atoms with Crippen LogP contribution in [0.2, 0.25) is 0 Å². The van der Waals surface area contributed by atoms with Crippen molar-refractivity contribution in [2.75, 3.05) is 31.6 Å². The molecule has 0 saturated carbocycles. The monoisotopic (exact) mass is 338 g/mol. The summed E-state index contributed by atoms with van der Waals surface area (Å²) in [5.41, 5.74) is 1.23. The van der Waals surface area contributed by atoms with Crippen LogP contribution in [0.1, 0.15) is 31.2 Å². The van der Waals surface area contributed by atoms with Crippen molar-refractivity contribution in [2.24, 2.45) is 0 Å². The van der Waals surface area contributed by atoms with Gasteiger partial charge < -0.3 is 5.32 Å². The molecule has 1 saturated heterocycles. The van der Waals surface area contributed by atoms with Crippen LogP contribution in [0.25, 0.3) is 0 Å². The second kappa shape index (κ2) is 7.93. The maximum absolute atomic E-state index is 12.1. The fourth-order valence-electron chi connectivity index (χ4n) is 2.99. The number of benzene rings is 1. The van der Waals surface area contributed by atoms with E-state index in [1.165, 1.54) is 5.56 Å². The van der Waals surface area contributed by atoms with E-state index in [0.717, 1.165) is 6.42 Å². The molecule has 1 amide bonds. The summed E-state index contributed by atoms with van der Waals surface area (Å²) in [6.07, 6.45) is 1.58. The molecule has 1 aromatic rings. The first-order valence-electron chi connectivity index (χ1n) is 8.13. The number of carbonyl (C=O) groups excluding carboxylic acids is 1. The van der Waals surface area contributed by atoms with Gasteiger partial charge in [-0.05, 0) is 25.5 Å². The average molecular weight is 338 g/mol. The number of likely N-dealkylation sites (N-methyl/N-ethyl adjacent to an activating group) is 1. The minimum Gasteiger partial charge on any atom is -0.354 e. The van der Waals surface area contributed by atoms with Gasteiger partial charge in [-0.15, -0.1) is 0 Å². The first kappa shape index (κ1) is 17.9. The molecule has 1 heterocycles. The van der Waals surface area contributed by atoms with E-state index < -0.39 is 9.84 Å². The third kappa shape index (κ3) is 5.32. The number of rotatable bonds is 7. The van der Waals surface area contributed by atoms with Gasteiger partial charge in [0.15, 0.2) is 9.84 Å². The first-order chi connectivity index (χ1) is 10.9. The van der Waals surface area contributed by atoms with E-state index in [2.05, 4.69) is 24.4 Å². The smallest absolute Gasteiger partial charge is 0.234 e. The molecule has 1 aliphatic heterocycles. The summed E-state index contributed by atoms with van der Waals surface area (Å²) in [6, 6.07) is 10.1. The minimum atomic E-state index is -2.92. The normalized spacial score (nSPS) is 21.3. The predicted molar refractivity (Wildman–Crippen MR) is 92.2 cm³/mol. The largest absolute Gasteiger partial charge is 0.354 e. The highest BCUT2D eigenvalue weighted by Crippen LogP contribution is 2.18. The number of carbonyl (C=O) groups is 1. The number of hydrogen-bond acceptors (Lipinski definition) is 4. The van der Waals surface area contributed by atoms with E-state index in [1.54, 1.807) is 0 Å². The highest BCUT2D eigenvalue weighted by Gasteiger charge is 2.31. The summed E-state index contributed by atoms with van der Waals surface area (Å²) in [4.78, 5) is 14.0. The molecule has 0 aromatic heterocycles. The lowest BCUT2D eigenvalue weighted by Crippen LogP contribution is -2.42. The van der Waals surface area contributed by atoms with E-state index in [0.29, 0.717) is 18.9 Å². The van der Waals surface area contributed by atoms with Crippen molar-refractivity contribution in [2.45, 2.75) is 31.7 Å². The summed E-state index contributed by atoms with van der Waals surface area (Å²) < 4.78 is 23.0. The summed E-state index contributed by atoms with van der Waals surface area (Å²) >= 11 is 0. The van der Waals surface area contributed by atoms with Gasteiger partial charge in [0, 0.05) is 18.5 Å². The number of hydrogen-bond donors (Lipinski definition) is 1. The lowest BCUT2D eigenvalue weighted by molar-refractivity contribution is -0.122. The van der Waals surface area contributed by atoms with Crippen molar-refractivity contribution in [1.82, 2.24) is 10.2 Å². The zero-order chi connectivity index (χ0) is 16.9. The number of nitrogens with zero attached hydrogens (tertiary/aromatic N) is 1. The maximum Gasteiger partial charge on any atom is 0.234 e. The Hall–Kier alpha value is -1.40. The van der Waals surface area contributed by atoms with Gasteiger partial charge in [-0.25, -0.2) is 8.42 Å². The lowest BCUT2D eigenvalue weighted by Gasteiger charge is -2.23. The van der Waals surface area contributed by atoms with Crippen LogP contribution in [0.15, 0.2) is 30.3 Å². The quantitative estimate of drug-likeness (QED) is 0.816. The van der Waals surface area contributed by atoms with Crippen LogP contribution >= 0.6 is 0 Å². The molecule has 2 atom stereocenters. The molecule has 1 aliphatic rings. The molecule has 0 bridgehead atoms. The van der Waals surface area contributed by atoms with Crippen LogP contribution in [-0.4, -0.2) is 56.9 Å². The molecule has 0 radical (unpaired) electrons. The van der Waals surface area contributed by atoms with E-state index >= 15 is 0 Å². The van der Waals surface area contributed by atoms with Crippen molar-refractivity contribution in [3.63, 3.8) is 0 Å². The third-order valence-corrected chi connectivity index (χ3v) is 6.28. The Bertz CT molecular complexity index is 616. The highest BCUT2D eigenvalue weighted by atomic mass is 32.2. The van der Waals surface area contributed by atoms with E-state index in [-0.39, 0.29) is 30.0 Å². The molecule has 0 spiro atoms. The molecular formula is C17H26N2O3S. The van der Waals surface area contributed by atoms with Crippen molar-refractivity contribution in [3.8, 4) is 0 Å². The Balaban J connectivity index is 1.80. The van der Waals surface area contributed by atoms with Gasteiger partial charge >= 0.3 is 0 Å². The molecule has 2 unspecified atom stereocenters. The zero-order valence-corrected chi connectivity index (χ0v) is 14.7. The Morgan fingerprint density at radius 1 is 1.35 bits per heavy atom.